The minimum Gasteiger partial charge on any atom is -0.328 e. The van der Waals surface area contributed by atoms with Gasteiger partial charge in [-0.2, -0.15) is 12.6 Å². The molecule has 0 radical (unpaired) electrons. The third kappa shape index (κ3) is 7.69. The van der Waals surface area contributed by atoms with Crippen LogP contribution in [0.2, 0.25) is 0 Å². The van der Waals surface area contributed by atoms with E-state index in [1.807, 2.05) is 6.92 Å². The van der Waals surface area contributed by atoms with Crippen molar-refractivity contribution in [2.45, 2.75) is 26.2 Å². The molecular weight excluding hydrogens is 202 g/mol. The molecule has 2 heteroatoms. The maximum atomic E-state index is 4.25. The molecule has 0 rings (SSSR count). The summed E-state index contributed by atoms with van der Waals surface area (Å²) in [7, 11) is 4.57. The number of quaternary nitrogens is 1. The van der Waals surface area contributed by atoms with Gasteiger partial charge in [-0.3, -0.25) is 0 Å². The first kappa shape index (κ1) is 14.8. The summed E-state index contributed by atoms with van der Waals surface area (Å²) >= 11 is 4.25. The second kappa shape index (κ2) is 7.13. The lowest BCUT2D eigenvalue weighted by Crippen LogP contribution is -2.41. The molecule has 0 aliphatic rings. The zero-order chi connectivity index (χ0) is 11.9. The molecular formula is C13H26NS+. The molecule has 0 aromatic carbocycles. The Labute approximate surface area is 101 Å². The third-order valence-electron chi connectivity index (χ3n) is 2.77. The summed E-state index contributed by atoms with van der Waals surface area (Å²) in [5.74, 6) is 0.986. The Kier molecular flexibility index (Phi) is 7.03. The fraction of sp³-hybridized carbons (Fsp3) is 0.692. The van der Waals surface area contributed by atoms with Crippen molar-refractivity contribution in [1.82, 2.24) is 0 Å². The second-order valence-corrected chi connectivity index (χ2v) is 5.39. The molecule has 0 saturated carbocycles. The first-order valence-electron chi connectivity index (χ1n) is 5.65. The molecule has 0 unspecified atom stereocenters. The number of allylic oxidation sites excluding steroid dienone is 2. The topological polar surface area (TPSA) is 0 Å². The molecule has 0 aromatic heterocycles. The van der Waals surface area contributed by atoms with E-state index in [-0.39, 0.29) is 0 Å². The van der Waals surface area contributed by atoms with E-state index in [1.165, 1.54) is 31.5 Å². The van der Waals surface area contributed by atoms with Crippen LogP contribution < -0.4 is 0 Å². The van der Waals surface area contributed by atoms with Crippen LogP contribution in [-0.4, -0.2) is 37.4 Å². The first-order valence-corrected chi connectivity index (χ1v) is 6.29. The van der Waals surface area contributed by atoms with Crippen molar-refractivity contribution in [3.8, 4) is 0 Å². The van der Waals surface area contributed by atoms with Gasteiger partial charge in [0, 0.05) is 12.8 Å². The fourth-order valence-electron chi connectivity index (χ4n) is 1.54. The Balaban J connectivity index is 3.74. The molecule has 0 fully saturated rings. The summed E-state index contributed by atoms with van der Waals surface area (Å²) in [6.07, 6.45) is 3.47. The van der Waals surface area contributed by atoms with Gasteiger partial charge in [-0.25, -0.2) is 0 Å². The van der Waals surface area contributed by atoms with Gasteiger partial charge in [0.25, 0.3) is 0 Å². The maximum absolute atomic E-state index is 4.25. The Morgan fingerprint density at radius 1 is 1.13 bits per heavy atom. The average Bonchev–Trinajstić information content (AvgIpc) is 2.14. The van der Waals surface area contributed by atoms with E-state index >= 15 is 0 Å². The van der Waals surface area contributed by atoms with E-state index in [4.69, 9.17) is 0 Å². The molecule has 0 N–H and O–H groups in total. The molecule has 0 saturated heterocycles. The van der Waals surface area contributed by atoms with Crippen LogP contribution in [0, 0.1) is 0 Å². The molecule has 0 heterocycles. The predicted octanol–water partition coefficient (Wildman–Crippen LogP) is 3.30. The lowest BCUT2D eigenvalue weighted by atomic mass is 10.1. The highest BCUT2D eigenvalue weighted by Gasteiger charge is 2.13. The van der Waals surface area contributed by atoms with Gasteiger partial charge < -0.3 is 4.48 Å². The van der Waals surface area contributed by atoms with Crippen molar-refractivity contribution in [3.05, 3.63) is 24.3 Å². The van der Waals surface area contributed by atoms with E-state index in [2.05, 4.69) is 39.9 Å². The van der Waals surface area contributed by atoms with E-state index < -0.39 is 0 Å². The molecule has 0 bridgehead atoms. The predicted molar refractivity (Wildman–Crippen MR) is 73.5 cm³/mol. The number of nitrogens with zero attached hydrogens (tertiary/aromatic N) is 1. The number of thiol groups is 1. The Hall–Kier alpha value is -0.210. The van der Waals surface area contributed by atoms with Gasteiger partial charge in [-0.05, 0) is 19.1 Å². The van der Waals surface area contributed by atoms with E-state index in [9.17, 15) is 0 Å². The third-order valence-corrected chi connectivity index (χ3v) is 3.08. The van der Waals surface area contributed by atoms with Gasteiger partial charge in [-0.15, -0.1) is 0 Å². The molecule has 0 aliphatic carbocycles. The van der Waals surface area contributed by atoms with Crippen molar-refractivity contribution in [1.29, 1.82) is 0 Å². The lowest BCUT2D eigenvalue weighted by molar-refractivity contribution is -0.890. The van der Waals surface area contributed by atoms with E-state index in [0.717, 1.165) is 22.2 Å². The highest BCUT2D eigenvalue weighted by Crippen LogP contribution is 2.13. The summed E-state index contributed by atoms with van der Waals surface area (Å²) in [4.78, 5) is 0. The second-order valence-electron chi connectivity index (χ2n) is 4.95. The molecule has 0 aliphatic heterocycles. The standard InChI is InChI=1S/C13H25NS/c1-12(2)13(3)8-6-9-14(4,5)10-7-11-15/h1,3,6-11H2,2,4-5H3/p+1. The highest BCUT2D eigenvalue weighted by molar-refractivity contribution is 7.80. The average molecular weight is 228 g/mol. The van der Waals surface area contributed by atoms with E-state index in [0.29, 0.717) is 0 Å². The van der Waals surface area contributed by atoms with Crippen LogP contribution in [0.4, 0.5) is 0 Å². The molecule has 1 nitrogen and oxygen atoms in total. The van der Waals surface area contributed by atoms with Crippen molar-refractivity contribution in [2.24, 2.45) is 0 Å². The molecule has 15 heavy (non-hydrogen) atoms. The zero-order valence-electron chi connectivity index (χ0n) is 10.6. The number of hydrogen-bond donors (Lipinski definition) is 1. The van der Waals surface area contributed by atoms with Crippen LogP contribution in [0.15, 0.2) is 24.3 Å². The summed E-state index contributed by atoms with van der Waals surface area (Å²) in [5, 5.41) is 0. The summed E-state index contributed by atoms with van der Waals surface area (Å²) < 4.78 is 1.09. The van der Waals surface area contributed by atoms with Crippen LogP contribution >= 0.6 is 12.6 Å². The SMILES string of the molecule is C=C(C)C(=C)CCC[N+](C)(C)CCCS. The molecule has 0 amide bonds. The van der Waals surface area contributed by atoms with Gasteiger partial charge in [0.15, 0.2) is 0 Å². The summed E-state index contributed by atoms with van der Waals surface area (Å²) in [6, 6.07) is 0. The van der Waals surface area contributed by atoms with Crippen molar-refractivity contribution in [3.63, 3.8) is 0 Å². The molecule has 0 aromatic rings. The van der Waals surface area contributed by atoms with Gasteiger partial charge in [0.05, 0.1) is 27.2 Å². The Bertz CT molecular complexity index is 219. The van der Waals surface area contributed by atoms with Crippen LogP contribution in [0.25, 0.3) is 0 Å². The minimum absolute atomic E-state index is 0.986. The Morgan fingerprint density at radius 3 is 2.13 bits per heavy atom. The monoisotopic (exact) mass is 228 g/mol. The van der Waals surface area contributed by atoms with Gasteiger partial charge in [-0.1, -0.05) is 24.3 Å². The molecule has 88 valence electrons. The van der Waals surface area contributed by atoms with Crippen LogP contribution in [-0.2, 0) is 0 Å². The van der Waals surface area contributed by atoms with Gasteiger partial charge >= 0.3 is 0 Å². The van der Waals surface area contributed by atoms with Crippen LogP contribution in [0.1, 0.15) is 26.2 Å². The maximum Gasteiger partial charge on any atom is 0.0790 e. The number of hydrogen-bond acceptors (Lipinski definition) is 1. The smallest absolute Gasteiger partial charge is 0.0790 e. The quantitative estimate of drug-likeness (QED) is 0.368. The van der Waals surface area contributed by atoms with Gasteiger partial charge in [0.1, 0.15) is 0 Å². The summed E-state index contributed by atoms with van der Waals surface area (Å²) in [6.45, 7) is 12.4. The molecule has 0 spiro atoms. The largest absolute Gasteiger partial charge is 0.328 e. The normalized spacial score (nSPS) is 11.5. The van der Waals surface area contributed by atoms with Crippen LogP contribution in [0.3, 0.4) is 0 Å². The van der Waals surface area contributed by atoms with Gasteiger partial charge in [0.2, 0.25) is 0 Å². The lowest BCUT2D eigenvalue weighted by Gasteiger charge is -2.29. The van der Waals surface area contributed by atoms with E-state index in [1.54, 1.807) is 0 Å². The molecule has 0 atom stereocenters. The van der Waals surface area contributed by atoms with Crippen LogP contribution in [0.5, 0.6) is 0 Å². The zero-order valence-corrected chi connectivity index (χ0v) is 11.4. The van der Waals surface area contributed by atoms with Crippen molar-refractivity contribution < 1.29 is 4.48 Å². The first-order chi connectivity index (χ1) is 6.89. The summed E-state index contributed by atoms with van der Waals surface area (Å²) in [5.41, 5.74) is 2.32. The van der Waals surface area contributed by atoms with Crippen molar-refractivity contribution in [2.75, 3.05) is 32.9 Å². The Morgan fingerprint density at radius 2 is 1.67 bits per heavy atom. The highest BCUT2D eigenvalue weighted by atomic mass is 32.1. The van der Waals surface area contributed by atoms with Crippen molar-refractivity contribution >= 4 is 12.6 Å². The fourth-order valence-corrected chi connectivity index (χ4v) is 1.69. The number of rotatable bonds is 8. The minimum atomic E-state index is 0.986.